The summed E-state index contributed by atoms with van der Waals surface area (Å²) in [5, 5.41) is 6.81. The molecule has 0 saturated carbocycles. The third kappa shape index (κ3) is 5.32. The van der Waals surface area contributed by atoms with Crippen molar-refractivity contribution in [2.24, 2.45) is 0 Å². The molecular formula is C30H32Cl2N6. The minimum absolute atomic E-state index is 0.481. The number of halogens is 2. The first-order valence-electron chi connectivity index (χ1n) is 13.3. The summed E-state index contributed by atoms with van der Waals surface area (Å²) >= 11 is 13.3. The molecule has 0 atom stereocenters. The fourth-order valence-electron chi connectivity index (χ4n) is 5.68. The molecule has 6 nitrogen and oxygen atoms in total. The van der Waals surface area contributed by atoms with Crippen molar-refractivity contribution < 1.29 is 0 Å². The molecule has 2 saturated heterocycles. The van der Waals surface area contributed by atoms with Gasteiger partial charge in [-0.3, -0.25) is 4.90 Å². The molecule has 0 amide bonds. The van der Waals surface area contributed by atoms with E-state index in [1.807, 2.05) is 36.4 Å². The zero-order chi connectivity index (χ0) is 26.1. The Labute approximate surface area is 234 Å². The molecule has 38 heavy (non-hydrogen) atoms. The van der Waals surface area contributed by atoms with Gasteiger partial charge in [0.1, 0.15) is 0 Å². The van der Waals surface area contributed by atoms with Gasteiger partial charge in [-0.2, -0.15) is 0 Å². The lowest BCUT2D eigenvalue weighted by Gasteiger charge is -2.42. The van der Waals surface area contributed by atoms with Crippen LogP contribution in [0.3, 0.4) is 0 Å². The Balaban J connectivity index is 1.15. The van der Waals surface area contributed by atoms with Crippen LogP contribution in [0.5, 0.6) is 0 Å². The third-order valence-electron chi connectivity index (χ3n) is 7.85. The Kier molecular flexibility index (Phi) is 7.39. The average molecular weight is 548 g/mol. The minimum atomic E-state index is 0.481. The summed E-state index contributed by atoms with van der Waals surface area (Å²) in [5.74, 6) is 0.481. The van der Waals surface area contributed by atoms with Crippen LogP contribution in [0.1, 0.15) is 12.8 Å². The smallest absolute Gasteiger partial charge is 0.227 e. The number of fused-ring (bicyclic) bond motifs is 1. The van der Waals surface area contributed by atoms with Gasteiger partial charge in [0.2, 0.25) is 5.95 Å². The number of rotatable bonds is 5. The van der Waals surface area contributed by atoms with Gasteiger partial charge >= 0.3 is 0 Å². The number of anilines is 3. The van der Waals surface area contributed by atoms with Crippen LogP contribution in [0.2, 0.25) is 10.0 Å². The van der Waals surface area contributed by atoms with Crippen LogP contribution in [-0.2, 0) is 0 Å². The highest BCUT2D eigenvalue weighted by Crippen LogP contribution is 2.35. The van der Waals surface area contributed by atoms with Crippen LogP contribution in [0, 0.1) is 0 Å². The van der Waals surface area contributed by atoms with Gasteiger partial charge in [0.15, 0.2) is 0 Å². The molecule has 4 aromatic rings. The Hall–Kier alpha value is -2.90. The minimum Gasteiger partial charge on any atom is -0.370 e. The van der Waals surface area contributed by atoms with Crippen molar-refractivity contribution in [2.75, 3.05) is 56.5 Å². The second-order valence-electron chi connectivity index (χ2n) is 10.3. The lowest BCUT2D eigenvalue weighted by Crippen LogP contribution is -2.52. The topological polar surface area (TPSA) is 47.5 Å². The Morgan fingerprint density at radius 2 is 1.61 bits per heavy atom. The van der Waals surface area contributed by atoms with E-state index in [-0.39, 0.29) is 0 Å². The summed E-state index contributed by atoms with van der Waals surface area (Å²) < 4.78 is 0. The van der Waals surface area contributed by atoms with E-state index in [1.165, 1.54) is 39.0 Å². The number of hydrogen-bond acceptors (Lipinski definition) is 6. The number of aromatic nitrogens is 2. The van der Waals surface area contributed by atoms with Crippen LogP contribution in [0.25, 0.3) is 22.0 Å². The Morgan fingerprint density at radius 1 is 0.842 bits per heavy atom. The Morgan fingerprint density at radius 3 is 2.39 bits per heavy atom. The Bertz CT molecular complexity index is 1420. The zero-order valence-electron chi connectivity index (χ0n) is 21.6. The van der Waals surface area contributed by atoms with E-state index >= 15 is 0 Å². The number of piperidine rings is 1. The van der Waals surface area contributed by atoms with E-state index in [1.54, 1.807) is 6.20 Å². The summed E-state index contributed by atoms with van der Waals surface area (Å²) in [6, 6.07) is 21.2. The molecule has 1 N–H and O–H groups in total. The normalized spacial score (nSPS) is 17.7. The van der Waals surface area contributed by atoms with Gasteiger partial charge in [-0.15, -0.1) is 0 Å². The van der Waals surface area contributed by atoms with Crippen molar-refractivity contribution in [3.63, 3.8) is 0 Å². The number of nitrogens with zero attached hydrogens (tertiary/aromatic N) is 5. The number of nitrogens with one attached hydrogen (secondary N) is 1. The molecule has 0 spiro atoms. The van der Waals surface area contributed by atoms with Crippen LogP contribution in [-0.4, -0.2) is 72.1 Å². The first kappa shape index (κ1) is 25.4. The molecule has 2 fully saturated rings. The maximum atomic E-state index is 6.79. The predicted octanol–water partition coefficient (Wildman–Crippen LogP) is 6.56. The van der Waals surface area contributed by atoms with Crippen molar-refractivity contribution in [1.29, 1.82) is 0 Å². The van der Waals surface area contributed by atoms with Gasteiger partial charge in [-0.05, 0) is 48.9 Å². The monoisotopic (exact) mass is 546 g/mol. The average Bonchev–Trinajstić information content (AvgIpc) is 2.95. The second-order valence-corrected chi connectivity index (χ2v) is 11.1. The molecule has 3 heterocycles. The van der Waals surface area contributed by atoms with Crippen molar-refractivity contribution in [1.82, 2.24) is 19.8 Å². The standard InChI is InChI=1S/C30H32Cl2N6/c1-36-15-17-37(18-16-36)23-11-13-38(14-12-23)28-10-9-22(19-26(28)31)34-30-33-20-27(32)29(35-30)25-8-4-6-21-5-2-3-7-24(21)25/h2-10,19-20,23H,11-18H2,1H3,(H,33,34,35). The molecule has 0 unspecified atom stereocenters. The van der Waals surface area contributed by atoms with Gasteiger partial charge in [-0.1, -0.05) is 65.7 Å². The fraction of sp³-hybridized carbons (Fsp3) is 0.333. The van der Waals surface area contributed by atoms with Crippen molar-refractivity contribution in [3.05, 3.63) is 76.9 Å². The van der Waals surface area contributed by atoms with Gasteiger partial charge in [0.25, 0.3) is 0 Å². The van der Waals surface area contributed by atoms with E-state index in [0.29, 0.717) is 22.7 Å². The highest BCUT2D eigenvalue weighted by molar-refractivity contribution is 6.34. The number of benzene rings is 3. The largest absolute Gasteiger partial charge is 0.370 e. The first-order valence-corrected chi connectivity index (χ1v) is 14.1. The molecule has 1 aromatic heterocycles. The molecule has 2 aliphatic heterocycles. The molecule has 8 heteroatoms. The van der Waals surface area contributed by atoms with E-state index in [0.717, 1.165) is 45.8 Å². The highest BCUT2D eigenvalue weighted by Gasteiger charge is 2.27. The summed E-state index contributed by atoms with van der Waals surface area (Å²) in [6.07, 6.45) is 4.00. The van der Waals surface area contributed by atoms with Crippen molar-refractivity contribution >= 4 is 51.3 Å². The summed E-state index contributed by atoms with van der Waals surface area (Å²) in [6.45, 7) is 6.74. The molecule has 0 radical (unpaired) electrons. The maximum absolute atomic E-state index is 6.79. The molecule has 3 aromatic carbocycles. The van der Waals surface area contributed by atoms with Gasteiger partial charge in [0.05, 0.1) is 27.6 Å². The lowest BCUT2D eigenvalue weighted by molar-refractivity contribution is 0.0982. The zero-order valence-corrected chi connectivity index (χ0v) is 23.1. The number of likely N-dealkylation sites (N-methyl/N-ethyl adjacent to an activating group) is 1. The molecule has 196 valence electrons. The summed E-state index contributed by atoms with van der Waals surface area (Å²) in [7, 11) is 2.21. The highest BCUT2D eigenvalue weighted by atomic mass is 35.5. The maximum Gasteiger partial charge on any atom is 0.227 e. The van der Waals surface area contributed by atoms with Crippen molar-refractivity contribution in [2.45, 2.75) is 18.9 Å². The van der Waals surface area contributed by atoms with E-state index in [9.17, 15) is 0 Å². The number of piperazine rings is 1. The van der Waals surface area contributed by atoms with E-state index in [4.69, 9.17) is 28.2 Å². The van der Waals surface area contributed by atoms with Crippen LogP contribution in [0.4, 0.5) is 17.3 Å². The fourth-order valence-corrected chi connectivity index (χ4v) is 6.17. The third-order valence-corrected chi connectivity index (χ3v) is 8.43. The predicted molar refractivity (Wildman–Crippen MR) is 159 cm³/mol. The van der Waals surface area contributed by atoms with E-state index < -0.39 is 0 Å². The second kappa shape index (κ2) is 11.1. The summed E-state index contributed by atoms with van der Waals surface area (Å²) in [5.41, 5.74) is 3.61. The van der Waals surface area contributed by atoms with Crippen LogP contribution < -0.4 is 10.2 Å². The summed E-state index contributed by atoms with van der Waals surface area (Å²) in [4.78, 5) is 16.7. The molecule has 0 bridgehead atoms. The van der Waals surface area contributed by atoms with Gasteiger partial charge in [0, 0.05) is 56.6 Å². The molecule has 0 aliphatic carbocycles. The van der Waals surface area contributed by atoms with Crippen LogP contribution in [0.15, 0.2) is 66.9 Å². The molecule has 2 aliphatic rings. The van der Waals surface area contributed by atoms with Crippen LogP contribution >= 0.6 is 23.2 Å². The SMILES string of the molecule is CN1CCN(C2CCN(c3ccc(Nc4ncc(Cl)c(-c5cccc6ccccc56)n4)cc3Cl)CC2)CC1. The number of hydrogen-bond donors (Lipinski definition) is 1. The lowest BCUT2D eigenvalue weighted by atomic mass is 10.0. The molecule has 6 rings (SSSR count). The quantitative estimate of drug-likeness (QED) is 0.305. The first-order chi connectivity index (χ1) is 18.5. The van der Waals surface area contributed by atoms with Gasteiger partial charge < -0.3 is 15.1 Å². The van der Waals surface area contributed by atoms with Gasteiger partial charge in [-0.25, -0.2) is 9.97 Å². The molecular weight excluding hydrogens is 515 g/mol. The van der Waals surface area contributed by atoms with E-state index in [2.05, 4.69) is 56.3 Å². The van der Waals surface area contributed by atoms with Crippen molar-refractivity contribution in [3.8, 4) is 11.3 Å².